The summed E-state index contributed by atoms with van der Waals surface area (Å²) in [5, 5.41) is -0.507. The third kappa shape index (κ3) is 5.85. The number of hydrogen-bond acceptors (Lipinski definition) is 8. The van der Waals surface area contributed by atoms with E-state index >= 15 is 0 Å². The summed E-state index contributed by atoms with van der Waals surface area (Å²) in [5.41, 5.74) is 2.29. The highest BCUT2D eigenvalue weighted by molar-refractivity contribution is 7.99. The van der Waals surface area contributed by atoms with Crippen molar-refractivity contribution in [3.63, 3.8) is 0 Å². The van der Waals surface area contributed by atoms with Gasteiger partial charge in [0.25, 0.3) is 12.4 Å². The Morgan fingerprint density at radius 3 is 2.52 bits per heavy atom. The largest absolute Gasteiger partial charge is 0.497 e. The number of carbonyl (C=O) groups is 3. The Morgan fingerprint density at radius 1 is 1.18 bits per heavy atom. The van der Waals surface area contributed by atoms with E-state index in [1.807, 2.05) is 61.5 Å². The molecule has 0 radical (unpaired) electrons. The minimum Gasteiger partial charge on any atom is -0.497 e. The molecule has 0 fully saturated rings. The summed E-state index contributed by atoms with van der Waals surface area (Å²) in [6.07, 6.45) is -1.03. The standard InChI is InChI=1S/C24H28N2O6S/c1-16(28)32-21-23(17-8-10-19(30-4)11-9-17)33-22-18(14-31-15-27)6-5-7-20(22)26(24(21)29)13-12-25(2)3/h5-11,15,21,23H,12-14H2,1-4H3/t21-,23+/m1/s1. The third-order valence-corrected chi connectivity index (χ3v) is 6.69. The number of ether oxygens (including phenoxy) is 3. The van der Waals surface area contributed by atoms with Crippen LogP contribution in [0.2, 0.25) is 0 Å². The Bertz CT molecular complexity index is 995. The monoisotopic (exact) mass is 472 g/mol. The molecule has 1 aliphatic heterocycles. The molecule has 0 spiro atoms. The SMILES string of the molecule is COc1ccc([C@@H]2Sc3c(COC=O)cccc3N(CCN(C)C)C(=O)[C@@H]2OC(C)=O)cc1. The maximum absolute atomic E-state index is 13.8. The first-order chi connectivity index (χ1) is 15.8. The van der Waals surface area contributed by atoms with E-state index in [4.69, 9.17) is 14.2 Å². The van der Waals surface area contributed by atoms with Gasteiger partial charge >= 0.3 is 5.97 Å². The van der Waals surface area contributed by atoms with Gasteiger partial charge in [0.2, 0.25) is 0 Å². The van der Waals surface area contributed by atoms with Crippen molar-refractivity contribution in [3.8, 4) is 5.75 Å². The van der Waals surface area contributed by atoms with E-state index in [2.05, 4.69) is 0 Å². The molecule has 176 valence electrons. The number of benzene rings is 2. The zero-order valence-corrected chi connectivity index (χ0v) is 20.0. The molecule has 2 aromatic carbocycles. The van der Waals surface area contributed by atoms with Crippen LogP contribution in [0.25, 0.3) is 0 Å². The second kappa shape index (κ2) is 11.2. The van der Waals surface area contributed by atoms with Crippen molar-refractivity contribution in [1.82, 2.24) is 4.90 Å². The zero-order valence-electron chi connectivity index (χ0n) is 19.1. The summed E-state index contributed by atoms with van der Waals surface area (Å²) < 4.78 is 15.9. The first-order valence-corrected chi connectivity index (χ1v) is 11.3. The summed E-state index contributed by atoms with van der Waals surface area (Å²) in [7, 11) is 5.44. The lowest BCUT2D eigenvalue weighted by molar-refractivity contribution is -0.152. The lowest BCUT2D eigenvalue weighted by Gasteiger charge is -2.28. The van der Waals surface area contributed by atoms with Crippen molar-refractivity contribution in [3.05, 3.63) is 53.6 Å². The van der Waals surface area contributed by atoms with Gasteiger partial charge in [-0.05, 0) is 37.9 Å². The first kappa shape index (κ1) is 24.6. The van der Waals surface area contributed by atoms with E-state index in [-0.39, 0.29) is 12.5 Å². The zero-order chi connectivity index (χ0) is 24.0. The molecule has 33 heavy (non-hydrogen) atoms. The maximum Gasteiger partial charge on any atom is 0.303 e. The van der Waals surface area contributed by atoms with Gasteiger partial charge in [-0.3, -0.25) is 14.4 Å². The van der Waals surface area contributed by atoms with E-state index in [0.717, 1.165) is 16.0 Å². The highest BCUT2D eigenvalue weighted by Crippen LogP contribution is 2.48. The highest BCUT2D eigenvalue weighted by atomic mass is 32.2. The number of likely N-dealkylation sites (N-methyl/N-ethyl adjacent to an activating group) is 1. The van der Waals surface area contributed by atoms with Crippen LogP contribution in [-0.4, -0.2) is 63.6 Å². The normalized spacial score (nSPS) is 17.8. The van der Waals surface area contributed by atoms with E-state index in [0.29, 0.717) is 31.0 Å². The molecule has 0 N–H and O–H groups in total. The van der Waals surface area contributed by atoms with Crippen LogP contribution in [0, 0.1) is 0 Å². The molecule has 0 aromatic heterocycles. The minimum atomic E-state index is -1.03. The van der Waals surface area contributed by atoms with Crippen LogP contribution in [0.4, 0.5) is 5.69 Å². The molecule has 8 nitrogen and oxygen atoms in total. The summed E-state index contributed by atoms with van der Waals surface area (Å²) in [4.78, 5) is 41.1. The molecular formula is C24H28N2O6S. The Kier molecular flexibility index (Phi) is 8.35. The van der Waals surface area contributed by atoms with Crippen LogP contribution in [0.15, 0.2) is 47.4 Å². The van der Waals surface area contributed by atoms with E-state index in [9.17, 15) is 14.4 Å². The second-order valence-electron chi connectivity index (χ2n) is 7.81. The number of anilines is 1. The van der Waals surface area contributed by atoms with Gasteiger partial charge in [0, 0.05) is 30.5 Å². The fourth-order valence-electron chi connectivity index (χ4n) is 3.61. The molecule has 0 aliphatic carbocycles. The number of thioether (sulfide) groups is 1. The van der Waals surface area contributed by atoms with Gasteiger partial charge in [-0.15, -0.1) is 11.8 Å². The van der Waals surface area contributed by atoms with Crippen molar-refractivity contribution in [1.29, 1.82) is 0 Å². The number of esters is 1. The predicted molar refractivity (Wildman–Crippen MR) is 125 cm³/mol. The first-order valence-electron chi connectivity index (χ1n) is 10.5. The molecule has 3 rings (SSSR count). The van der Waals surface area contributed by atoms with Crippen molar-refractivity contribution >= 4 is 35.8 Å². The number of methoxy groups -OCH3 is 1. The van der Waals surface area contributed by atoms with Gasteiger partial charge in [-0.1, -0.05) is 24.3 Å². The number of rotatable bonds is 9. The molecule has 0 saturated heterocycles. The van der Waals surface area contributed by atoms with Crippen LogP contribution < -0.4 is 9.64 Å². The van der Waals surface area contributed by atoms with Gasteiger partial charge < -0.3 is 24.0 Å². The Hall–Kier alpha value is -3.04. The molecule has 2 aromatic rings. The lowest BCUT2D eigenvalue weighted by Crippen LogP contribution is -2.45. The van der Waals surface area contributed by atoms with Crippen LogP contribution in [0.5, 0.6) is 5.75 Å². The molecule has 1 aliphatic rings. The number of fused-ring (bicyclic) bond motifs is 1. The topological polar surface area (TPSA) is 85.4 Å². The average Bonchev–Trinajstić information content (AvgIpc) is 2.91. The Balaban J connectivity index is 2.14. The fourth-order valence-corrected chi connectivity index (χ4v) is 5.03. The molecule has 0 unspecified atom stereocenters. The summed E-state index contributed by atoms with van der Waals surface area (Å²) >= 11 is 1.42. The molecule has 2 atom stereocenters. The summed E-state index contributed by atoms with van der Waals surface area (Å²) in [5.74, 6) is -0.149. The molecular weight excluding hydrogens is 444 g/mol. The predicted octanol–water partition coefficient (Wildman–Crippen LogP) is 3.04. The van der Waals surface area contributed by atoms with Crippen molar-refractivity contribution < 1.29 is 28.6 Å². The van der Waals surface area contributed by atoms with Crippen LogP contribution >= 0.6 is 11.8 Å². The molecule has 1 heterocycles. The Labute approximate surface area is 197 Å². The van der Waals surface area contributed by atoms with Crippen LogP contribution in [0.1, 0.15) is 23.3 Å². The number of nitrogens with zero attached hydrogens (tertiary/aromatic N) is 2. The number of hydrogen-bond donors (Lipinski definition) is 0. The van der Waals surface area contributed by atoms with Gasteiger partial charge in [-0.25, -0.2) is 0 Å². The van der Waals surface area contributed by atoms with Crippen molar-refractivity contribution in [2.45, 2.75) is 29.8 Å². The molecule has 9 heteroatoms. The molecule has 0 bridgehead atoms. The summed E-state index contributed by atoms with van der Waals surface area (Å²) in [6.45, 7) is 2.80. The number of carbonyl (C=O) groups excluding carboxylic acids is 3. The maximum atomic E-state index is 13.8. The third-order valence-electron chi connectivity index (χ3n) is 5.21. The summed E-state index contributed by atoms with van der Waals surface area (Å²) in [6, 6.07) is 12.9. The van der Waals surface area contributed by atoms with E-state index in [1.165, 1.54) is 18.7 Å². The van der Waals surface area contributed by atoms with Crippen LogP contribution in [-0.2, 0) is 30.5 Å². The van der Waals surface area contributed by atoms with Gasteiger partial charge in [-0.2, -0.15) is 0 Å². The van der Waals surface area contributed by atoms with Crippen molar-refractivity contribution in [2.75, 3.05) is 39.2 Å². The van der Waals surface area contributed by atoms with Gasteiger partial charge in [0.15, 0.2) is 6.10 Å². The Morgan fingerprint density at radius 2 is 1.91 bits per heavy atom. The second-order valence-corrected chi connectivity index (χ2v) is 8.96. The van der Waals surface area contributed by atoms with E-state index in [1.54, 1.807) is 12.0 Å². The molecule has 1 amide bonds. The minimum absolute atomic E-state index is 0.0724. The molecule has 0 saturated carbocycles. The lowest BCUT2D eigenvalue weighted by atomic mass is 10.1. The van der Waals surface area contributed by atoms with Crippen molar-refractivity contribution in [2.24, 2.45) is 0 Å². The fraction of sp³-hybridized carbons (Fsp3) is 0.375. The average molecular weight is 473 g/mol. The van der Waals surface area contributed by atoms with E-state index < -0.39 is 17.3 Å². The van der Waals surface area contributed by atoms with Crippen LogP contribution in [0.3, 0.4) is 0 Å². The smallest absolute Gasteiger partial charge is 0.303 e. The highest BCUT2D eigenvalue weighted by Gasteiger charge is 2.41. The van der Waals surface area contributed by atoms with Gasteiger partial charge in [0.1, 0.15) is 12.4 Å². The number of amides is 1. The quantitative estimate of drug-likeness (QED) is 0.407. The van der Waals surface area contributed by atoms with Gasteiger partial charge in [0.05, 0.1) is 18.0 Å².